The minimum absolute atomic E-state index is 0. The summed E-state index contributed by atoms with van der Waals surface area (Å²) in [7, 11) is 1.76. The van der Waals surface area contributed by atoms with Crippen LogP contribution in [0.15, 0.2) is 34.0 Å². The molecule has 2 aromatic heterocycles. The van der Waals surface area contributed by atoms with Crippen LogP contribution >= 0.6 is 39.9 Å². The lowest BCUT2D eigenvalue weighted by Crippen LogP contribution is -2.37. The number of hydrogen-bond acceptors (Lipinski definition) is 3. The molecule has 23 heavy (non-hydrogen) atoms. The maximum Gasteiger partial charge on any atom is 0.191 e. The Morgan fingerprint density at radius 3 is 2.91 bits per heavy atom. The van der Waals surface area contributed by atoms with Gasteiger partial charge in [0.25, 0.3) is 0 Å². The number of nitrogens with zero attached hydrogens (tertiary/aromatic N) is 3. The van der Waals surface area contributed by atoms with Crippen molar-refractivity contribution in [1.29, 1.82) is 0 Å². The SMILES string of the molecule is CCOCCCNC(=NC)NCc1cn2cc(Br)ccc2n1.I. The number of halogens is 2. The van der Waals surface area contributed by atoms with Gasteiger partial charge in [0.2, 0.25) is 0 Å². The summed E-state index contributed by atoms with van der Waals surface area (Å²) in [5.74, 6) is 0.773. The van der Waals surface area contributed by atoms with E-state index in [-0.39, 0.29) is 24.0 Å². The summed E-state index contributed by atoms with van der Waals surface area (Å²) in [5.41, 5.74) is 1.90. The van der Waals surface area contributed by atoms with Gasteiger partial charge in [0.1, 0.15) is 5.65 Å². The van der Waals surface area contributed by atoms with E-state index in [1.54, 1.807) is 7.05 Å². The van der Waals surface area contributed by atoms with Crippen LogP contribution in [0.2, 0.25) is 0 Å². The summed E-state index contributed by atoms with van der Waals surface area (Å²) in [6.07, 6.45) is 4.96. The monoisotopic (exact) mass is 495 g/mol. The zero-order chi connectivity index (χ0) is 15.8. The van der Waals surface area contributed by atoms with Crippen LogP contribution in [-0.2, 0) is 11.3 Å². The van der Waals surface area contributed by atoms with Crippen LogP contribution in [0.4, 0.5) is 0 Å². The number of rotatable bonds is 7. The van der Waals surface area contributed by atoms with E-state index < -0.39 is 0 Å². The van der Waals surface area contributed by atoms with Crippen molar-refractivity contribution in [1.82, 2.24) is 20.0 Å². The minimum Gasteiger partial charge on any atom is -0.382 e. The van der Waals surface area contributed by atoms with Gasteiger partial charge in [-0.3, -0.25) is 4.99 Å². The standard InChI is InChI=1S/C15H22BrN5O.HI/c1-3-22-8-4-7-18-15(17-2)19-9-13-11-21-10-12(16)5-6-14(21)20-13;/h5-6,10-11H,3-4,7-9H2,1-2H3,(H2,17,18,19);1H. The highest BCUT2D eigenvalue weighted by Crippen LogP contribution is 2.12. The van der Waals surface area contributed by atoms with Gasteiger partial charge in [-0.25, -0.2) is 4.98 Å². The Kier molecular flexibility index (Phi) is 9.49. The summed E-state index contributed by atoms with van der Waals surface area (Å²) >= 11 is 3.46. The fraction of sp³-hybridized carbons (Fsp3) is 0.467. The fourth-order valence-electron chi connectivity index (χ4n) is 2.02. The zero-order valence-electron chi connectivity index (χ0n) is 13.4. The predicted molar refractivity (Wildman–Crippen MR) is 108 cm³/mol. The average Bonchev–Trinajstić information content (AvgIpc) is 2.92. The molecule has 0 bridgehead atoms. The first-order valence-electron chi connectivity index (χ1n) is 7.38. The van der Waals surface area contributed by atoms with E-state index in [1.807, 2.05) is 35.9 Å². The second-order valence-corrected chi connectivity index (χ2v) is 5.66. The molecule has 128 valence electrons. The van der Waals surface area contributed by atoms with Gasteiger partial charge >= 0.3 is 0 Å². The van der Waals surface area contributed by atoms with E-state index in [0.29, 0.717) is 6.54 Å². The molecule has 0 aliphatic rings. The van der Waals surface area contributed by atoms with E-state index in [4.69, 9.17) is 4.74 Å². The fourth-order valence-corrected chi connectivity index (χ4v) is 2.38. The Morgan fingerprint density at radius 1 is 1.35 bits per heavy atom. The molecule has 6 nitrogen and oxygen atoms in total. The second-order valence-electron chi connectivity index (χ2n) is 4.75. The molecule has 2 N–H and O–H groups in total. The van der Waals surface area contributed by atoms with Crippen LogP contribution in [0.25, 0.3) is 5.65 Å². The summed E-state index contributed by atoms with van der Waals surface area (Å²) in [4.78, 5) is 8.76. The number of aliphatic imine (C=N–C) groups is 1. The Balaban J connectivity index is 0.00000264. The van der Waals surface area contributed by atoms with E-state index in [1.165, 1.54) is 0 Å². The maximum absolute atomic E-state index is 5.30. The molecule has 0 aromatic carbocycles. The lowest BCUT2D eigenvalue weighted by molar-refractivity contribution is 0.145. The van der Waals surface area contributed by atoms with Crippen LogP contribution in [0, 0.1) is 0 Å². The van der Waals surface area contributed by atoms with Crippen molar-refractivity contribution in [3.63, 3.8) is 0 Å². The molecule has 8 heteroatoms. The third-order valence-corrected chi connectivity index (χ3v) is 3.56. The molecule has 2 aromatic rings. The maximum atomic E-state index is 5.30. The smallest absolute Gasteiger partial charge is 0.191 e. The van der Waals surface area contributed by atoms with Gasteiger partial charge in [0.05, 0.1) is 12.2 Å². The zero-order valence-corrected chi connectivity index (χ0v) is 17.3. The van der Waals surface area contributed by atoms with Gasteiger partial charge in [-0.15, -0.1) is 24.0 Å². The second kappa shape index (κ2) is 10.8. The largest absolute Gasteiger partial charge is 0.382 e. The molecule has 2 rings (SSSR count). The first kappa shape index (κ1) is 20.2. The van der Waals surface area contributed by atoms with Crippen LogP contribution in [-0.4, -0.2) is 42.2 Å². The van der Waals surface area contributed by atoms with Crippen molar-refractivity contribution < 1.29 is 4.74 Å². The lowest BCUT2D eigenvalue weighted by atomic mass is 10.4. The van der Waals surface area contributed by atoms with Gasteiger partial charge in [0, 0.05) is 43.7 Å². The van der Waals surface area contributed by atoms with Crippen molar-refractivity contribution in [3.8, 4) is 0 Å². The Labute approximate surface area is 162 Å². The molecule has 0 amide bonds. The minimum atomic E-state index is 0. The Morgan fingerprint density at radius 2 is 2.17 bits per heavy atom. The number of hydrogen-bond donors (Lipinski definition) is 2. The highest BCUT2D eigenvalue weighted by Gasteiger charge is 2.03. The normalized spacial score (nSPS) is 11.3. The number of pyridine rings is 1. The molecule has 0 radical (unpaired) electrons. The molecule has 2 heterocycles. The first-order valence-corrected chi connectivity index (χ1v) is 8.17. The van der Waals surface area contributed by atoms with E-state index in [9.17, 15) is 0 Å². The summed E-state index contributed by atoms with van der Waals surface area (Å²) in [5, 5.41) is 6.52. The van der Waals surface area contributed by atoms with Gasteiger partial charge in [-0.2, -0.15) is 0 Å². The summed E-state index contributed by atoms with van der Waals surface area (Å²) in [6, 6.07) is 3.97. The molecule has 0 saturated heterocycles. The number of imidazole rings is 1. The highest BCUT2D eigenvalue weighted by molar-refractivity contribution is 14.0. The van der Waals surface area contributed by atoms with Crippen molar-refractivity contribution in [2.45, 2.75) is 19.9 Å². The molecule has 0 aliphatic carbocycles. The summed E-state index contributed by atoms with van der Waals surface area (Å²) < 4.78 is 8.34. The topological polar surface area (TPSA) is 63.0 Å². The number of nitrogens with one attached hydrogen (secondary N) is 2. The van der Waals surface area contributed by atoms with Crippen LogP contribution < -0.4 is 10.6 Å². The Hall–Kier alpha value is -0.870. The van der Waals surface area contributed by atoms with Crippen LogP contribution in [0.5, 0.6) is 0 Å². The van der Waals surface area contributed by atoms with Gasteiger partial charge in [-0.05, 0) is 41.4 Å². The number of aromatic nitrogens is 2. The molecule has 0 saturated carbocycles. The third kappa shape index (κ3) is 6.64. The van der Waals surface area contributed by atoms with Crippen molar-refractivity contribution in [2.24, 2.45) is 4.99 Å². The molecule has 0 fully saturated rings. The number of ether oxygens (including phenoxy) is 1. The molecular formula is C15H23BrIN5O. The van der Waals surface area contributed by atoms with Gasteiger partial charge in [0.15, 0.2) is 5.96 Å². The predicted octanol–water partition coefficient (Wildman–Crippen LogP) is 2.81. The molecule has 0 aliphatic heterocycles. The van der Waals surface area contributed by atoms with Gasteiger partial charge in [-0.1, -0.05) is 0 Å². The van der Waals surface area contributed by atoms with Crippen molar-refractivity contribution in [2.75, 3.05) is 26.8 Å². The highest BCUT2D eigenvalue weighted by atomic mass is 127. The Bertz CT molecular complexity index is 631. The quantitative estimate of drug-likeness (QED) is 0.268. The lowest BCUT2D eigenvalue weighted by Gasteiger charge is -2.10. The van der Waals surface area contributed by atoms with Crippen LogP contribution in [0.1, 0.15) is 19.0 Å². The molecule has 0 unspecified atom stereocenters. The van der Waals surface area contributed by atoms with E-state index >= 15 is 0 Å². The van der Waals surface area contributed by atoms with Gasteiger partial charge < -0.3 is 19.8 Å². The van der Waals surface area contributed by atoms with Crippen molar-refractivity contribution in [3.05, 3.63) is 34.7 Å². The third-order valence-electron chi connectivity index (χ3n) is 3.09. The van der Waals surface area contributed by atoms with E-state index in [0.717, 1.165) is 48.0 Å². The first-order chi connectivity index (χ1) is 10.7. The van der Waals surface area contributed by atoms with Crippen LogP contribution in [0.3, 0.4) is 0 Å². The number of fused-ring (bicyclic) bond motifs is 1. The molecule has 0 spiro atoms. The summed E-state index contributed by atoms with van der Waals surface area (Å²) in [6.45, 7) is 4.99. The molecular weight excluding hydrogens is 473 g/mol. The van der Waals surface area contributed by atoms with Crippen molar-refractivity contribution >= 4 is 51.5 Å². The van der Waals surface area contributed by atoms with E-state index in [2.05, 4.69) is 36.5 Å². The number of guanidine groups is 1. The molecule has 0 atom stereocenters. The average molecular weight is 496 g/mol.